The zero-order chi connectivity index (χ0) is 10.7. The number of anilines is 1. The van der Waals surface area contributed by atoms with Gasteiger partial charge in [0.25, 0.3) is 0 Å². The predicted molar refractivity (Wildman–Crippen MR) is 66.7 cm³/mol. The Morgan fingerprint density at radius 2 is 1.80 bits per heavy atom. The van der Waals surface area contributed by atoms with Gasteiger partial charge in [-0.3, -0.25) is 0 Å². The molecule has 1 nitrogen and oxygen atoms in total. The molecule has 1 fully saturated rings. The van der Waals surface area contributed by atoms with Crippen LogP contribution in [0, 0.1) is 0 Å². The fraction of sp³-hybridized carbons (Fsp3) is 0.538. The van der Waals surface area contributed by atoms with Crippen LogP contribution in [0.1, 0.15) is 25.7 Å². The van der Waals surface area contributed by atoms with E-state index in [-0.39, 0.29) is 0 Å². The molecule has 0 aliphatic heterocycles. The van der Waals surface area contributed by atoms with Crippen molar-refractivity contribution in [2.24, 2.45) is 0 Å². The molecule has 1 aromatic carbocycles. The maximum Gasteiger partial charge on any atom is 0.0539 e. The Kier molecular flexibility index (Phi) is 3.53. The highest BCUT2D eigenvalue weighted by molar-refractivity contribution is 6.21. The summed E-state index contributed by atoms with van der Waals surface area (Å²) in [6, 6.07) is 11.0. The Labute approximate surface area is 97.0 Å². The SMILES string of the molecule is CN(c1ccccc1)[C@H]1CCCC[C@@H]1Cl. The minimum Gasteiger partial charge on any atom is -0.370 e. The van der Waals surface area contributed by atoms with Gasteiger partial charge in [-0.1, -0.05) is 31.0 Å². The highest BCUT2D eigenvalue weighted by atomic mass is 35.5. The molecule has 0 heterocycles. The highest BCUT2D eigenvalue weighted by Gasteiger charge is 2.26. The first kappa shape index (κ1) is 10.8. The van der Waals surface area contributed by atoms with Crippen LogP contribution in [0.3, 0.4) is 0 Å². The maximum absolute atomic E-state index is 6.39. The van der Waals surface area contributed by atoms with E-state index in [0.717, 1.165) is 6.42 Å². The van der Waals surface area contributed by atoms with Gasteiger partial charge in [0.2, 0.25) is 0 Å². The molecule has 0 saturated heterocycles. The maximum atomic E-state index is 6.39. The molecular formula is C13H18ClN. The number of para-hydroxylation sites is 1. The van der Waals surface area contributed by atoms with Gasteiger partial charge in [0.1, 0.15) is 0 Å². The van der Waals surface area contributed by atoms with Crippen LogP contribution in [0.2, 0.25) is 0 Å². The lowest BCUT2D eigenvalue weighted by Crippen LogP contribution is -2.40. The molecule has 15 heavy (non-hydrogen) atoms. The smallest absolute Gasteiger partial charge is 0.0539 e. The van der Waals surface area contributed by atoms with Gasteiger partial charge in [0.15, 0.2) is 0 Å². The van der Waals surface area contributed by atoms with E-state index in [1.165, 1.54) is 24.9 Å². The predicted octanol–water partition coefficient (Wildman–Crippen LogP) is 3.67. The van der Waals surface area contributed by atoms with E-state index in [4.69, 9.17) is 11.6 Å². The van der Waals surface area contributed by atoms with Crippen LogP contribution in [0.5, 0.6) is 0 Å². The van der Waals surface area contributed by atoms with Crippen molar-refractivity contribution >= 4 is 17.3 Å². The zero-order valence-electron chi connectivity index (χ0n) is 9.20. The number of benzene rings is 1. The number of rotatable bonds is 2. The molecule has 0 bridgehead atoms. The van der Waals surface area contributed by atoms with Gasteiger partial charge >= 0.3 is 0 Å². The summed E-state index contributed by atoms with van der Waals surface area (Å²) >= 11 is 6.39. The topological polar surface area (TPSA) is 3.24 Å². The lowest BCUT2D eigenvalue weighted by atomic mass is 9.93. The lowest BCUT2D eigenvalue weighted by molar-refractivity contribution is 0.434. The van der Waals surface area contributed by atoms with Crippen molar-refractivity contribution in [3.63, 3.8) is 0 Å². The Bertz CT molecular complexity index is 299. The second-order valence-corrected chi connectivity index (χ2v) is 4.87. The van der Waals surface area contributed by atoms with Crippen LogP contribution in [-0.4, -0.2) is 18.5 Å². The molecule has 1 aliphatic carbocycles. The lowest BCUT2D eigenvalue weighted by Gasteiger charge is -2.36. The van der Waals surface area contributed by atoms with Crippen LogP contribution in [0.4, 0.5) is 5.69 Å². The van der Waals surface area contributed by atoms with Crippen molar-refractivity contribution in [2.45, 2.75) is 37.1 Å². The first-order valence-electron chi connectivity index (χ1n) is 5.71. The van der Waals surface area contributed by atoms with E-state index in [1.54, 1.807) is 0 Å². The minimum absolute atomic E-state index is 0.309. The zero-order valence-corrected chi connectivity index (χ0v) is 9.95. The van der Waals surface area contributed by atoms with Crippen molar-refractivity contribution in [1.29, 1.82) is 0 Å². The molecule has 1 aromatic rings. The molecular weight excluding hydrogens is 206 g/mol. The van der Waals surface area contributed by atoms with Gasteiger partial charge in [0, 0.05) is 18.8 Å². The van der Waals surface area contributed by atoms with Crippen molar-refractivity contribution in [3.05, 3.63) is 30.3 Å². The summed E-state index contributed by atoms with van der Waals surface area (Å²) < 4.78 is 0. The number of nitrogens with zero attached hydrogens (tertiary/aromatic N) is 1. The fourth-order valence-corrected chi connectivity index (χ4v) is 2.81. The molecule has 0 spiro atoms. The average molecular weight is 224 g/mol. The summed E-state index contributed by atoms with van der Waals surface area (Å²) in [5.41, 5.74) is 1.27. The van der Waals surface area contributed by atoms with Crippen LogP contribution < -0.4 is 4.90 Å². The standard InChI is InChI=1S/C13H18ClN/c1-15(11-7-3-2-4-8-11)13-10-6-5-9-12(13)14/h2-4,7-8,12-13H,5-6,9-10H2,1H3/t12-,13-/m0/s1. The Balaban J connectivity index is 2.09. The third kappa shape index (κ3) is 2.46. The number of halogens is 1. The summed E-state index contributed by atoms with van der Waals surface area (Å²) in [5, 5.41) is 0.309. The third-order valence-corrected chi connectivity index (χ3v) is 3.82. The summed E-state index contributed by atoms with van der Waals surface area (Å²) in [5.74, 6) is 0. The van der Waals surface area contributed by atoms with Crippen molar-refractivity contribution in [2.75, 3.05) is 11.9 Å². The van der Waals surface area contributed by atoms with E-state index in [2.05, 4.69) is 42.3 Å². The number of hydrogen-bond donors (Lipinski definition) is 0. The average Bonchev–Trinajstić information content (AvgIpc) is 2.30. The van der Waals surface area contributed by atoms with Crippen LogP contribution in [-0.2, 0) is 0 Å². The summed E-state index contributed by atoms with van der Waals surface area (Å²) in [6.45, 7) is 0. The largest absolute Gasteiger partial charge is 0.370 e. The van der Waals surface area contributed by atoms with Crippen LogP contribution in [0.25, 0.3) is 0 Å². The quantitative estimate of drug-likeness (QED) is 0.692. The van der Waals surface area contributed by atoms with Crippen molar-refractivity contribution < 1.29 is 0 Å². The molecule has 0 amide bonds. The van der Waals surface area contributed by atoms with Gasteiger partial charge in [-0.15, -0.1) is 11.6 Å². The summed E-state index contributed by atoms with van der Waals surface area (Å²) in [7, 11) is 2.15. The molecule has 0 N–H and O–H groups in total. The first-order valence-corrected chi connectivity index (χ1v) is 6.14. The van der Waals surface area contributed by atoms with Gasteiger partial charge in [-0.25, -0.2) is 0 Å². The van der Waals surface area contributed by atoms with Gasteiger partial charge in [-0.05, 0) is 25.0 Å². The molecule has 0 radical (unpaired) electrons. The molecule has 0 unspecified atom stereocenters. The summed E-state index contributed by atoms with van der Waals surface area (Å²) in [4.78, 5) is 2.33. The number of hydrogen-bond acceptors (Lipinski definition) is 1. The molecule has 2 atom stereocenters. The molecule has 0 aromatic heterocycles. The molecule has 1 saturated carbocycles. The van der Waals surface area contributed by atoms with E-state index < -0.39 is 0 Å². The molecule has 2 heteroatoms. The normalized spacial score (nSPS) is 26.3. The monoisotopic (exact) mass is 223 g/mol. The van der Waals surface area contributed by atoms with Crippen molar-refractivity contribution in [3.8, 4) is 0 Å². The van der Waals surface area contributed by atoms with Gasteiger partial charge < -0.3 is 4.90 Å². The molecule has 82 valence electrons. The second-order valence-electron chi connectivity index (χ2n) is 4.31. The van der Waals surface area contributed by atoms with Crippen molar-refractivity contribution in [1.82, 2.24) is 0 Å². The van der Waals surface area contributed by atoms with Gasteiger partial charge in [0.05, 0.1) is 5.38 Å². The Hall–Kier alpha value is -0.690. The molecule has 2 rings (SSSR count). The van der Waals surface area contributed by atoms with E-state index >= 15 is 0 Å². The number of alkyl halides is 1. The second kappa shape index (κ2) is 4.89. The molecule has 1 aliphatic rings. The van der Waals surface area contributed by atoms with E-state index in [9.17, 15) is 0 Å². The fourth-order valence-electron chi connectivity index (χ4n) is 2.36. The Morgan fingerprint density at radius 1 is 1.13 bits per heavy atom. The third-order valence-electron chi connectivity index (χ3n) is 3.31. The Morgan fingerprint density at radius 3 is 2.47 bits per heavy atom. The summed E-state index contributed by atoms with van der Waals surface area (Å²) in [6.07, 6.45) is 4.97. The van der Waals surface area contributed by atoms with Gasteiger partial charge in [-0.2, -0.15) is 0 Å². The minimum atomic E-state index is 0.309. The highest BCUT2D eigenvalue weighted by Crippen LogP contribution is 2.29. The van der Waals surface area contributed by atoms with E-state index in [0.29, 0.717) is 11.4 Å². The first-order chi connectivity index (χ1) is 7.29. The van der Waals surface area contributed by atoms with E-state index in [1.807, 2.05) is 0 Å². The van der Waals surface area contributed by atoms with Crippen LogP contribution in [0.15, 0.2) is 30.3 Å². The van der Waals surface area contributed by atoms with Crippen LogP contribution >= 0.6 is 11.6 Å².